The van der Waals surface area contributed by atoms with Crippen LogP contribution in [0.2, 0.25) is 0 Å². The van der Waals surface area contributed by atoms with Gasteiger partial charge in [-0.1, -0.05) is 0 Å². The second-order valence-electron chi connectivity index (χ2n) is 1.62. The zero-order chi connectivity index (χ0) is 6.57. The van der Waals surface area contributed by atoms with Crippen molar-refractivity contribution in [3.8, 4) is 0 Å². The van der Waals surface area contributed by atoms with Crippen LogP contribution in [0.25, 0.3) is 0 Å². The first-order chi connectivity index (χ1) is 3.72. The van der Waals surface area contributed by atoms with Gasteiger partial charge in [0.15, 0.2) is 0 Å². The van der Waals surface area contributed by atoms with Crippen molar-refractivity contribution in [2.24, 2.45) is 9.98 Å². The van der Waals surface area contributed by atoms with Gasteiger partial charge >= 0.3 is 16.5 Å². The van der Waals surface area contributed by atoms with E-state index in [0.717, 1.165) is 11.4 Å². The van der Waals surface area contributed by atoms with E-state index in [2.05, 4.69) is 9.98 Å². The van der Waals surface area contributed by atoms with Crippen molar-refractivity contribution in [3.05, 3.63) is 0 Å². The Balaban J connectivity index is 0. The molecular formula is C6H13N2Ni. The molecule has 0 spiro atoms. The van der Waals surface area contributed by atoms with E-state index in [9.17, 15) is 0 Å². The molecule has 0 heterocycles. The fraction of sp³-hybridized carbons (Fsp3) is 0.667. The van der Waals surface area contributed by atoms with Crippen molar-refractivity contribution in [2.75, 3.05) is 14.1 Å². The molecule has 0 amide bonds. The summed E-state index contributed by atoms with van der Waals surface area (Å²) in [7, 11) is 3.54. The molecule has 0 aromatic carbocycles. The molecule has 0 aromatic heterocycles. The molecule has 0 unspecified atom stereocenters. The Morgan fingerprint density at radius 2 is 1.11 bits per heavy atom. The Kier molecular flexibility index (Phi) is 7.69. The van der Waals surface area contributed by atoms with Crippen LogP contribution in [0.15, 0.2) is 9.98 Å². The van der Waals surface area contributed by atoms with Crippen LogP contribution in [0.5, 0.6) is 0 Å². The van der Waals surface area contributed by atoms with E-state index in [0.29, 0.717) is 0 Å². The molecule has 2 nitrogen and oxygen atoms in total. The van der Waals surface area contributed by atoms with Gasteiger partial charge in [-0.05, 0) is 13.8 Å². The van der Waals surface area contributed by atoms with Crippen LogP contribution in [0, 0.1) is 0 Å². The monoisotopic (exact) mass is 171 g/mol. The van der Waals surface area contributed by atoms with Crippen LogP contribution in [0.1, 0.15) is 13.8 Å². The van der Waals surface area contributed by atoms with Gasteiger partial charge in [-0.3, -0.25) is 9.98 Å². The molecule has 0 fully saturated rings. The van der Waals surface area contributed by atoms with Crippen LogP contribution in [-0.4, -0.2) is 25.5 Å². The zero-order valence-electron chi connectivity index (χ0n) is 6.23. The molecule has 0 aliphatic carbocycles. The third-order valence-electron chi connectivity index (χ3n) is 1.19. The molecule has 0 N–H and O–H groups in total. The van der Waals surface area contributed by atoms with Crippen molar-refractivity contribution in [2.45, 2.75) is 13.8 Å². The quantitative estimate of drug-likeness (QED) is 0.414. The molecule has 0 radical (unpaired) electrons. The van der Waals surface area contributed by atoms with Gasteiger partial charge in [0.2, 0.25) is 0 Å². The minimum atomic E-state index is 0. The maximum atomic E-state index is 3.95. The number of aliphatic imine (C=N–C) groups is 2. The summed E-state index contributed by atoms with van der Waals surface area (Å²) in [6.07, 6.45) is 0. The van der Waals surface area contributed by atoms with Gasteiger partial charge in [-0.25, -0.2) is 0 Å². The predicted octanol–water partition coefficient (Wildman–Crippen LogP) is 0.898. The Hall–Kier alpha value is -0.166. The third kappa shape index (κ3) is 4.34. The van der Waals surface area contributed by atoms with Crippen molar-refractivity contribution in [1.82, 2.24) is 0 Å². The van der Waals surface area contributed by atoms with Gasteiger partial charge in [-0.15, -0.1) is 0 Å². The van der Waals surface area contributed by atoms with Crippen LogP contribution in [0.3, 0.4) is 0 Å². The molecule has 0 aromatic rings. The fourth-order valence-corrected chi connectivity index (χ4v) is 0.324. The number of hydrogen-bond donors (Lipinski definition) is 0. The Morgan fingerprint density at radius 3 is 1.22 bits per heavy atom. The van der Waals surface area contributed by atoms with E-state index in [1.807, 2.05) is 13.8 Å². The van der Waals surface area contributed by atoms with Gasteiger partial charge in [0.1, 0.15) is 0 Å². The number of hydrogen-bond acceptors (Lipinski definition) is 2. The van der Waals surface area contributed by atoms with Gasteiger partial charge in [-0.2, -0.15) is 0 Å². The molecule has 0 rings (SSSR count). The summed E-state index contributed by atoms with van der Waals surface area (Å²) >= 11 is 0. The van der Waals surface area contributed by atoms with E-state index in [1.165, 1.54) is 0 Å². The molecule has 0 atom stereocenters. The Labute approximate surface area is 66.4 Å². The standard InChI is InChI=1S/C6H12N2.Ni.H/c1-5(7-3)6(2)8-4;;/h1-4H3;;. The zero-order valence-corrected chi connectivity index (χ0v) is 7.27. The van der Waals surface area contributed by atoms with Crippen LogP contribution in [0.4, 0.5) is 0 Å². The molecular weight excluding hydrogens is 159 g/mol. The van der Waals surface area contributed by atoms with Crippen molar-refractivity contribution in [3.63, 3.8) is 0 Å². The van der Waals surface area contributed by atoms with E-state index >= 15 is 0 Å². The van der Waals surface area contributed by atoms with E-state index in [-0.39, 0.29) is 16.5 Å². The first-order valence-corrected chi connectivity index (χ1v) is 2.59. The van der Waals surface area contributed by atoms with Gasteiger partial charge in [0, 0.05) is 14.1 Å². The third-order valence-corrected chi connectivity index (χ3v) is 1.19. The molecule has 0 aliphatic rings. The minimum absolute atomic E-state index is 0. The Morgan fingerprint density at radius 1 is 0.889 bits per heavy atom. The molecule has 0 bridgehead atoms. The van der Waals surface area contributed by atoms with Crippen LogP contribution < -0.4 is 0 Å². The maximum absolute atomic E-state index is 3.95. The molecule has 0 saturated heterocycles. The second-order valence-corrected chi connectivity index (χ2v) is 1.62. The number of rotatable bonds is 1. The van der Waals surface area contributed by atoms with Gasteiger partial charge in [0.05, 0.1) is 11.4 Å². The average molecular weight is 172 g/mol. The van der Waals surface area contributed by atoms with Crippen molar-refractivity contribution in [1.29, 1.82) is 0 Å². The van der Waals surface area contributed by atoms with Gasteiger partial charge in [0.25, 0.3) is 0 Å². The summed E-state index contributed by atoms with van der Waals surface area (Å²) in [6.45, 7) is 3.89. The van der Waals surface area contributed by atoms with E-state index < -0.39 is 0 Å². The van der Waals surface area contributed by atoms with E-state index in [4.69, 9.17) is 0 Å². The molecule has 0 aliphatic heterocycles. The molecule has 0 saturated carbocycles. The first kappa shape index (κ1) is 11.6. The van der Waals surface area contributed by atoms with Crippen molar-refractivity contribution >= 4 is 11.4 Å². The SMILES string of the molecule is CN=C(C)C(C)=NC.[NiH]. The summed E-state index contributed by atoms with van der Waals surface area (Å²) in [4.78, 5) is 7.89. The van der Waals surface area contributed by atoms with Crippen LogP contribution >= 0.6 is 0 Å². The average Bonchev–Trinajstić information content (AvgIpc) is 1.84. The van der Waals surface area contributed by atoms with E-state index in [1.54, 1.807) is 14.1 Å². The predicted molar refractivity (Wildman–Crippen MR) is 39.5 cm³/mol. The fourth-order valence-electron chi connectivity index (χ4n) is 0.324. The summed E-state index contributed by atoms with van der Waals surface area (Å²) < 4.78 is 0. The first-order valence-electron chi connectivity index (χ1n) is 2.59. The number of nitrogens with zero attached hydrogens (tertiary/aromatic N) is 2. The Bertz CT molecular complexity index is 111. The topological polar surface area (TPSA) is 24.7 Å². The molecule has 57 valence electrons. The molecule has 9 heavy (non-hydrogen) atoms. The second kappa shape index (κ2) is 5.96. The van der Waals surface area contributed by atoms with Crippen molar-refractivity contribution < 1.29 is 16.5 Å². The summed E-state index contributed by atoms with van der Waals surface area (Å²) in [5.74, 6) is 0. The summed E-state index contributed by atoms with van der Waals surface area (Å²) in [5, 5.41) is 0. The van der Waals surface area contributed by atoms with Gasteiger partial charge < -0.3 is 0 Å². The normalized spacial score (nSPS) is 12.9. The summed E-state index contributed by atoms with van der Waals surface area (Å²) in [6, 6.07) is 0. The molecule has 3 heteroatoms. The summed E-state index contributed by atoms with van der Waals surface area (Å²) in [5.41, 5.74) is 2.01. The van der Waals surface area contributed by atoms with Crippen LogP contribution in [-0.2, 0) is 16.5 Å².